The molecule has 2 atom stereocenters. The molecule has 20 heavy (non-hydrogen) atoms. The largest absolute Gasteiger partial charge is 0.490 e. The third-order valence-electron chi connectivity index (χ3n) is 4.77. The standard InChI is InChI=1S/C16H23N3O/c1-10-12-9-18-19-13(12)4-5-14(10)20-11-6-7-16(2,3)15(17)8-11/h4-5,9,11,15H,6-8,17H2,1-3H3,(H,18,19)/t11-,15+/m1/s1. The van der Waals surface area contributed by atoms with Crippen molar-refractivity contribution >= 4 is 10.9 Å². The summed E-state index contributed by atoms with van der Waals surface area (Å²) < 4.78 is 6.21. The molecule has 1 aromatic heterocycles. The van der Waals surface area contributed by atoms with Gasteiger partial charge in [0.15, 0.2) is 0 Å². The Morgan fingerprint density at radius 3 is 2.95 bits per heavy atom. The van der Waals surface area contributed by atoms with Gasteiger partial charge in [0.25, 0.3) is 0 Å². The molecule has 108 valence electrons. The first-order valence-electron chi connectivity index (χ1n) is 7.32. The number of hydrogen-bond donors (Lipinski definition) is 2. The van der Waals surface area contributed by atoms with E-state index in [4.69, 9.17) is 10.5 Å². The van der Waals surface area contributed by atoms with Gasteiger partial charge < -0.3 is 10.5 Å². The van der Waals surface area contributed by atoms with Crippen LogP contribution in [0, 0.1) is 12.3 Å². The fourth-order valence-corrected chi connectivity index (χ4v) is 2.99. The second-order valence-corrected chi connectivity index (χ2v) is 6.63. The highest BCUT2D eigenvalue weighted by molar-refractivity contribution is 5.83. The van der Waals surface area contributed by atoms with E-state index in [-0.39, 0.29) is 17.6 Å². The molecule has 2 aromatic rings. The van der Waals surface area contributed by atoms with Gasteiger partial charge in [-0.3, -0.25) is 5.10 Å². The summed E-state index contributed by atoms with van der Waals surface area (Å²) in [6, 6.07) is 4.26. The number of nitrogens with two attached hydrogens (primary N) is 1. The molecule has 1 aliphatic carbocycles. The maximum absolute atomic E-state index is 6.27. The van der Waals surface area contributed by atoms with Crippen molar-refractivity contribution in [3.8, 4) is 5.75 Å². The van der Waals surface area contributed by atoms with Gasteiger partial charge in [0.05, 0.1) is 11.7 Å². The highest BCUT2D eigenvalue weighted by Gasteiger charge is 2.35. The maximum atomic E-state index is 6.27. The quantitative estimate of drug-likeness (QED) is 0.883. The number of aryl methyl sites for hydroxylation is 1. The summed E-state index contributed by atoms with van der Waals surface area (Å²) >= 11 is 0. The molecular formula is C16H23N3O. The van der Waals surface area contributed by atoms with Crippen molar-refractivity contribution in [2.45, 2.75) is 52.2 Å². The van der Waals surface area contributed by atoms with Crippen LogP contribution < -0.4 is 10.5 Å². The van der Waals surface area contributed by atoms with Gasteiger partial charge in [0.2, 0.25) is 0 Å². The number of hydrogen-bond acceptors (Lipinski definition) is 3. The Hall–Kier alpha value is -1.55. The van der Waals surface area contributed by atoms with Gasteiger partial charge in [-0.25, -0.2) is 0 Å². The van der Waals surface area contributed by atoms with Crippen molar-refractivity contribution < 1.29 is 4.74 Å². The van der Waals surface area contributed by atoms with E-state index in [1.54, 1.807) is 0 Å². The highest BCUT2D eigenvalue weighted by atomic mass is 16.5. The molecule has 4 nitrogen and oxygen atoms in total. The minimum absolute atomic E-state index is 0.208. The fraction of sp³-hybridized carbons (Fsp3) is 0.562. The van der Waals surface area contributed by atoms with E-state index in [0.717, 1.165) is 41.5 Å². The molecule has 3 rings (SSSR count). The van der Waals surface area contributed by atoms with Crippen molar-refractivity contribution in [3.63, 3.8) is 0 Å². The van der Waals surface area contributed by atoms with E-state index in [2.05, 4.69) is 31.0 Å². The summed E-state index contributed by atoms with van der Waals surface area (Å²) in [4.78, 5) is 0. The van der Waals surface area contributed by atoms with Gasteiger partial charge in [-0.1, -0.05) is 13.8 Å². The van der Waals surface area contributed by atoms with Gasteiger partial charge in [-0.15, -0.1) is 0 Å². The number of aromatic nitrogens is 2. The molecule has 1 aromatic carbocycles. The Kier molecular flexibility index (Phi) is 3.21. The van der Waals surface area contributed by atoms with Crippen LogP contribution in [0.4, 0.5) is 0 Å². The van der Waals surface area contributed by atoms with Gasteiger partial charge in [-0.05, 0) is 43.7 Å². The Labute approximate surface area is 119 Å². The molecule has 0 saturated heterocycles. The van der Waals surface area contributed by atoms with Crippen molar-refractivity contribution in [1.82, 2.24) is 10.2 Å². The average molecular weight is 273 g/mol. The SMILES string of the molecule is Cc1c(O[C@@H]2CCC(C)(C)[C@@H](N)C2)ccc2[nH]ncc12. The number of aromatic amines is 1. The highest BCUT2D eigenvalue weighted by Crippen LogP contribution is 2.37. The third kappa shape index (κ3) is 2.29. The molecule has 0 bridgehead atoms. The minimum atomic E-state index is 0.208. The van der Waals surface area contributed by atoms with Crippen LogP contribution in [0.1, 0.15) is 38.7 Å². The number of H-pyrrole nitrogens is 1. The normalized spacial score (nSPS) is 25.8. The Morgan fingerprint density at radius 1 is 1.40 bits per heavy atom. The van der Waals surface area contributed by atoms with E-state index in [1.807, 2.05) is 18.3 Å². The first-order chi connectivity index (χ1) is 9.47. The first-order valence-corrected chi connectivity index (χ1v) is 7.32. The van der Waals surface area contributed by atoms with Crippen molar-refractivity contribution in [2.24, 2.45) is 11.1 Å². The first kappa shape index (κ1) is 13.4. The van der Waals surface area contributed by atoms with Crippen LogP contribution in [0.25, 0.3) is 10.9 Å². The number of rotatable bonds is 2. The topological polar surface area (TPSA) is 63.9 Å². The molecular weight excluding hydrogens is 250 g/mol. The van der Waals surface area contributed by atoms with Gasteiger partial charge in [-0.2, -0.15) is 5.10 Å². The maximum Gasteiger partial charge on any atom is 0.123 e. The van der Waals surface area contributed by atoms with Crippen LogP contribution in [0.5, 0.6) is 5.75 Å². The number of nitrogens with zero attached hydrogens (tertiary/aromatic N) is 1. The summed E-state index contributed by atoms with van der Waals surface area (Å²) in [7, 11) is 0. The molecule has 0 unspecified atom stereocenters. The Balaban J connectivity index is 1.78. The lowest BCUT2D eigenvalue weighted by Crippen LogP contribution is -2.45. The van der Waals surface area contributed by atoms with Crippen LogP contribution in [-0.4, -0.2) is 22.3 Å². The zero-order valence-corrected chi connectivity index (χ0v) is 12.4. The summed E-state index contributed by atoms with van der Waals surface area (Å²) in [5.74, 6) is 0.954. The monoisotopic (exact) mass is 273 g/mol. The molecule has 0 aliphatic heterocycles. The van der Waals surface area contributed by atoms with Crippen LogP contribution in [0.2, 0.25) is 0 Å². The van der Waals surface area contributed by atoms with Crippen LogP contribution in [0.3, 0.4) is 0 Å². The van der Waals surface area contributed by atoms with Crippen molar-refractivity contribution in [3.05, 3.63) is 23.9 Å². The molecule has 1 heterocycles. The number of ether oxygens (including phenoxy) is 1. The fourth-order valence-electron chi connectivity index (χ4n) is 2.99. The van der Waals surface area contributed by atoms with Crippen molar-refractivity contribution in [1.29, 1.82) is 0 Å². The summed E-state index contributed by atoms with van der Waals surface area (Å²) in [6.07, 6.45) is 5.19. The van der Waals surface area contributed by atoms with Gasteiger partial charge in [0, 0.05) is 17.0 Å². The zero-order chi connectivity index (χ0) is 14.3. The van der Waals surface area contributed by atoms with Crippen molar-refractivity contribution in [2.75, 3.05) is 0 Å². The van der Waals surface area contributed by atoms with Crippen LogP contribution in [0.15, 0.2) is 18.3 Å². The Morgan fingerprint density at radius 2 is 2.20 bits per heavy atom. The third-order valence-corrected chi connectivity index (χ3v) is 4.77. The molecule has 0 radical (unpaired) electrons. The van der Waals surface area contributed by atoms with E-state index in [9.17, 15) is 0 Å². The number of nitrogens with one attached hydrogen (secondary N) is 1. The minimum Gasteiger partial charge on any atom is -0.490 e. The molecule has 0 amide bonds. The van der Waals surface area contributed by atoms with E-state index in [1.165, 1.54) is 0 Å². The summed E-state index contributed by atoms with van der Waals surface area (Å²) in [5, 5.41) is 8.19. The molecule has 1 aliphatic rings. The van der Waals surface area contributed by atoms with E-state index in [0.29, 0.717) is 0 Å². The second-order valence-electron chi connectivity index (χ2n) is 6.63. The van der Waals surface area contributed by atoms with Gasteiger partial charge in [0.1, 0.15) is 11.9 Å². The van der Waals surface area contributed by atoms with Crippen LogP contribution >= 0.6 is 0 Å². The Bertz CT molecular complexity index is 617. The lowest BCUT2D eigenvalue weighted by molar-refractivity contribution is 0.0792. The summed E-state index contributed by atoms with van der Waals surface area (Å²) in [5.41, 5.74) is 8.70. The smallest absolute Gasteiger partial charge is 0.123 e. The molecule has 0 spiro atoms. The molecule has 1 saturated carbocycles. The predicted molar refractivity (Wildman–Crippen MR) is 80.9 cm³/mol. The van der Waals surface area contributed by atoms with E-state index < -0.39 is 0 Å². The second kappa shape index (κ2) is 4.77. The predicted octanol–water partition coefficient (Wildman–Crippen LogP) is 3.16. The van der Waals surface area contributed by atoms with E-state index >= 15 is 0 Å². The summed E-state index contributed by atoms with van der Waals surface area (Å²) in [6.45, 7) is 6.58. The molecule has 1 fully saturated rings. The number of benzene rings is 1. The zero-order valence-electron chi connectivity index (χ0n) is 12.4. The lowest BCUT2D eigenvalue weighted by atomic mass is 9.73. The van der Waals surface area contributed by atoms with Gasteiger partial charge >= 0.3 is 0 Å². The molecule has 4 heteroatoms. The lowest BCUT2D eigenvalue weighted by Gasteiger charge is -2.40. The number of fused-ring (bicyclic) bond motifs is 1. The van der Waals surface area contributed by atoms with Crippen LogP contribution in [-0.2, 0) is 0 Å². The molecule has 3 N–H and O–H groups in total. The average Bonchev–Trinajstić information content (AvgIpc) is 2.87.